The summed E-state index contributed by atoms with van der Waals surface area (Å²) in [5.74, 6) is 0.566. The minimum atomic E-state index is -0.0572. The van der Waals surface area contributed by atoms with Crippen LogP contribution in [0.5, 0.6) is 5.75 Å². The minimum Gasteiger partial charge on any atom is -0.496 e. The summed E-state index contributed by atoms with van der Waals surface area (Å²) in [4.78, 5) is 14.3. The molecule has 0 bridgehead atoms. The summed E-state index contributed by atoms with van der Waals surface area (Å²) in [6, 6.07) is 5.36. The summed E-state index contributed by atoms with van der Waals surface area (Å²) >= 11 is 3.36. The van der Waals surface area contributed by atoms with E-state index in [1.165, 1.54) is 0 Å². The van der Waals surface area contributed by atoms with Crippen LogP contribution < -0.4 is 4.74 Å². The molecule has 1 aliphatic rings. The van der Waals surface area contributed by atoms with Gasteiger partial charge in [0.1, 0.15) is 5.75 Å². The third-order valence-corrected chi connectivity index (χ3v) is 4.00. The van der Waals surface area contributed by atoms with E-state index in [4.69, 9.17) is 9.94 Å². The molecule has 1 fully saturated rings. The first-order chi connectivity index (χ1) is 9.56. The summed E-state index contributed by atoms with van der Waals surface area (Å²) in [5, 5.41) is 12.2. The second-order valence-corrected chi connectivity index (χ2v) is 5.75. The average molecular weight is 341 g/mol. The Morgan fingerprint density at radius 1 is 1.55 bits per heavy atom. The van der Waals surface area contributed by atoms with E-state index in [9.17, 15) is 4.79 Å². The minimum absolute atomic E-state index is 0.0572. The second-order valence-electron chi connectivity index (χ2n) is 4.84. The number of ether oxygens (including phenoxy) is 1. The van der Waals surface area contributed by atoms with Gasteiger partial charge < -0.3 is 14.8 Å². The van der Waals surface area contributed by atoms with E-state index >= 15 is 0 Å². The lowest BCUT2D eigenvalue weighted by molar-refractivity contribution is 0.0730. The van der Waals surface area contributed by atoms with Gasteiger partial charge in [-0.15, -0.1) is 0 Å². The fourth-order valence-corrected chi connectivity index (χ4v) is 2.71. The zero-order valence-corrected chi connectivity index (χ0v) is 13.1. The second kappa shape index (κ2) is 6.26. The molecule has 20 heavy (non-hydrogen) atoms. The van der Waals surface area contributed by atoms with Gasteiger partial charge in [-0.3, -0.25) is 4.79 Å². The Kier molecular flexibility index (Phi) is 4.65. The molecule has 0 aromatic heterocycles. The number of hydrogen-bond acceptors (Lipinski definition) is 4. The van der Waals surface area contributed by atoms with Gasteiger partial charge in [0.05, 0.1) is 18.4 Å². The number of likely N-dealkylation sites (tertiary alicyclic amines) is 1. The molecule has 0 aliphatic carbocycles. The van der Waals surface area contributed by atoms with Crippen molar-refractivity contribution in [1.82, 2.24) is 4.90 Å². The van der Waals surface area contributed by atoms with Gasteiger partial charge in [0, 0.05) is 29.9 Å². The van der Waals surface area contributed by atoms with Gasteiger partial charge in [-0.2, -0.15) is 0 Å². The Morgan fingerprint density at radius 3 is 2.90 bits per heavy atom. The Balaban J connectivity index is 2.20. The zero-order valence-electron chi connectivity index (χ0n) is 11.5. The number of nitrogens with zero attached hydrogens (tertiary/aromatic N) is 2. The highest BCUT2D eigenvalue weighted by molar-refractivity contribution is 9.10. The van der Waals surface area contributed by atoms with Crippen LogP contribution in [0.2, 0.25) is 0 Å². The van der Waals surface area contributed by atoms with Crippen molar-refractivity contribution in [1.29, 1.82) is 0 Å². The van der Waals surface area contributed by atoms with Crippen molar-refractivity contribution in [3.05, 3.63) is 28.2 Å². The summed E-state index contributed by atoms with van der Waals surface area (Å²) in [5.41, 5.74) is 1.30. The number of carbonyl (C=O) groups is 1. The van der Waals surface area contributed by atoms with Gasteiger partial charge in [0.2, 0.25) is 0 Å². The van der Waals surface area contributed by atoms with Crippen LogP contribution in [0, 0.1) is 5.92 Å². The van der Waals surface area contributed by atoms with Gasteiger partial charge in [0.25, 0.3) is 5.91 Å². The topological polar surface area (TPSA) is 62.1 Å². The zero-order chi connectivity index (χ0) is 14.7. The number of rotatable bonds is 2. The standard InChI is InChI=1S/C14H17BrN2O3/c1-9-8-17(6-5-12(9)16-19)14(18)11-4-3-10(15)7-13(11)20-2/h3-4,7,9,19H,5-6,8H2,1-2H3/b16-12-. The lowest BCUT2D eigenvalue weighted by Crippen LogP contribution is -2.43. The normalized spacial score (nSPS) is 21.1. The van der Waals surface area contributed by atoms with Crippen molar-refractivity contribution in [3.8, 4) is 5.75 Å². The van der Waals surface area contributed by atoms with Crippen molar-refractivity contribution < 1.29 is 14.7 Å². The van der Waals surface area contributed by atoms with E-state index in [2.05, 4.69) is 21.1 Å². The maximum atomic E-state index is 12.6. The maximum absolute atomic E-state index is 12.6. The Bertz CT molecular complexity index is 545. The van der Waals surface area contributed by atoms with Crippen LogP contribution >= 0.6 is 15.9 Å². The van der Waals surface area contributed by atoms with Crippen molar-refractivity contribution in [2.75, 3.05) is 20.2 Å². The molecule has 1 saturated heterocycles. The van der Waals surface area contributed by atoms with Gasteiger partial charge in [-0.05, 0) is 18.2 Å². The number of oxime groups is 1. The van der Waals surface area contributed by atoms with Crippen LogP contribution in [0.1, 0.15) is 23.7 Å². The molecule has 5 nitrogen and oxygen atoms in total. The molecule has 1 unspecified atom stereocenters. The number of piperidine rings is 1. The number of carbonyl (C=O) groups excluding carboxylic acids is 1. The molecule has 0 radical (unpaired) electrons. The van der Waals surface area contributed by atoms with Crippen LogP contribution in [0.15, 0.2) is 27.8 Å². The summed E-state index contributed by atoms with van der Waals surface area (Å²) < 4.78 is 6.13. The lowest BCUT2D eigenvalue weighted by atomic mass is 9.97. The molecule has 1 aromatic rings. The number of methoxy groups -OCH3 is 1. The molecule has 0 spiro atoms. The fraction of sp³-hybridized carbons (Fsp3) is 0.429. The summed E-state index contributed by atoms with van der Waals surface area (Å²) in [6.45, 7) is 3.06. The Labute approximate surface area is 126 Å². The quantitative estimate of drug-likeness (QED) is 0.665. The number of hydrogen-bond donors (Lipinski definition) is 1. The largest absolute Gasteiger partial charge is 0.496 e. The monoisotopic (exact) mass is 340 g/mol. The molecule has 6 heteroatoms. The van der Waals surface area contributed by atoms with Crippen LogP contribution in [0.3, 0.4) is 0 Å². The van der Waals surface area contributed by atoms with Crippen molar-refractivity contribution in [2.24, 2.45) is 11.1 Å². The predicted molar refractivity (Wildman–Crippen MR) is 79.6 cm³/mol. The van der Waals surface area contributed by atoms with Crippen LogP contribution in [-0.4, -0.2) is 41.9 Å². The third kappa shape index (κ3) is 2.95. The highest BCUT2D eigenvalue weighted by atomic mass is 79.9. The Hall–Kier alpha value is -1.56. The number of amides is 1. The molecule has 2 rings (SSSR count). The molecular weight excluding hydrogens is 324 g/mol. The molecule has 1 heterocycles. The molecule has 108 valence electrons. The first kappa shape index (κ1) is 14.8. The van der Waals surface area contributed by atoms with Gasteiger partial charge in [-0.25, -0.2) is 0 Å². The summed E-state index contributed by atoms with van der Waals surface area (Å²) in [7, 11) is 1.55. The van der Waals surface area contributed by atoms with E-state index in [1.807, 2.05) is 13.0 Å². The van der Waals surface area contributed by atoms with Gasteiger partial charge in [0.15, 0.2) is 0 Å². The van der Waals surface area contributed by atoms with E-state index < -0.39 is 0 Å². The highest BCUT2D eigenvalue weighted by Gasteiger charge is 2.27. The summed E-state index contributed by atoms with van der Waals surface area (Å²) in [6.07, 6.45) is 0.599. The molecule has 0 saturated carbocycles. The van der Waals surface area contributed by atoms with Crippen LogP contribution in [0.25, 0.3) is 0 Å². The van der Waals surface area contributed by atoms with Gasteiger partial charge in [-0.1, -0.05) is 28.0 Å². The van der Waals surface area contributed by atoms with E-state index in [0.717, 1.165) is 10.2 Å². The van der Waals surface area contributed by atoms with Crippen molar-refractivity contribution in [2.45, 2.75) is 13.3 Å². The molecule has 1 N–H and O–H groups in total. The van der Waals surface area contributed by atoms with Crippen molar-refractivity contribution >= 4 is 27.5 Å². The van der Waals surface area contributed by atoms with Gasteiger partial charge >= 0.3 is 0 Å². The molecule has 1 aliphatic heterocycles. The maximum Gasteiger partial charge on any atom is 0.257 e. The Morgan fingerprint density at radius 2 is 2.30 bits per heavy atom. The first-order valence-corrected chi connectivity index (χ1v) is 7.19. The van der Waals surface area contributed by atoms with Crippen LogP contribution in [-0.2, 0) is 0 Å². The van der Waals surface area contributed by atoms with E-state index in [1.54, 1.807) is 24.1 Å². The first-order valence-electron chi connectivity index (χ1n) is 6.40. The van der Waals surface area contributed by atoms with E-state index in [-0.39, 0.29) is 11.8 Å². The average Bonchev–Trinajstić information content (AvgIpc) is 2.46. The molecule has 1 amide bonds. The molecular formula is C14H17BrN2O3. The number of benzene rings is 1. The third-order valence-electron chi connectivity index (χ3n) is 3.51. The fourth-order valence-electron chi connectivity index (χ4n) is 2.37. The van der Waals surface area contributed by atoms with E-state index in [0.29, 0.717) is 30.8 Å². The highest BCUT2D eigenvalue weighted by Crippen LogP contribution is 2.26. The number of halogens is 1. The predicted octanol–water partition coefficient (Wildman–Crippen LogP) is 2.77. The van der Waals surface area contributed by atoms with Crippen molar-refractivity contribution in [3.63, 3.8) is 0 Å². The molecule has 1 atom stereocenters. The SMILES string of the molecule is COc1cc(Br)ccc1C(=O)N1CC/C(=N/O)C(C)C1. The smallest absolute Gasteiger partial charge is 0.257 e. The lowest BCUT2D eigenvalue weighted by Gasteiger charge is -2.31. The van der Waals surface area contributed by atoms with Crippen LogP contribution in [0.4, 0.5) is 0 Å². The molecule has 1 aromatic carbocycles.